The summed E-state index contributed by atoms with van der Waals surface area (Å²) >= 11 is 3.43. The highest BCUT2D eigenvalue weighted by atomic mass is 79.9. The van der Waals surface area contributed by atoms with Crippen LogP contribution in [0, 0.1) is 11.3 Å². The number of hydrogen-bond acceptors (Lipinski definition) is 2. The average molecular weight is 259 g/mol. The lowest BCUT2D eigenvalue weighted by molar-refractivity contribution is -0.142. The zero-order valence-corrected chi connectivity index (χ0v) is 10.3. The molecule has 1 unspecified atom stereocenters. The Morgan fingerprint density at radius 2 is 2.29 bits per heavy atom. The third-order valence-corrected chi connectivity index (χ3v) is 3.06. The molecule has 0 aromatic carbocycles. The molecule has 1 atom stereocenters. The van der Waals surface area contributed by atoms with Crippen LogP contribution in [0.1, 0.15) is 20.3 Å². The van der Waals surface area contributed by atoms with Gasteiger partial charge >= 0.3 is 5.97 Å². The molecule has 0 spiro atoms. The van der Waals surface area contributed by atoms with Gasteiger partial charge in [-0.2, -0.15) is 0 Å². The van der Waals surface area contributed by atoms with Gasteiger partial charge in [0.25, 0.3) is 0 Å². The van der Waals surface area contributed by atoms with Gasteiger partial charge in [0.2, 0.25) is 0 Å². The predicted octanol–water partition coefficient (Wildman–Crippen LogP) is 3.04. The second kappa shape index (κ2) is 4.30. The van der Waals surface area contributed by atoms with Crippen LogP contribution >= 0.6 is 15.9 Å². The van der Waals surface area contributed by atoms with Crippen LogP contribution in [0.3, 0.4) is 0 Å². The molecule has 0 radical (unpaired) electrons. The maximum Gasteiger partial charge on any atom is 0.306 e. The fraction of sp³-hybridized carbons (Fsp3) is 0.545. The molecule has 0 fully saturated rings. The van der Waals surface area contributed by atoms with E-state index in [2.05, 4.69) is 46.7 Å². The van der Waals surface area contributed by atoms with E-state index in [4.69, 9.17) is 0 Å². The van der Waals surface area contributed by atoms with Crippen molar-refractivity contribution in [2.75, 3.05) is 7.11 Å². The molecule has 1 rings (SSSR count). The van der Waals surface area contributed by atoms with Crippen molar-refractivity contribution in [3.63, 3.8) is 0 Å². The number of ether oxygens (including phenoxy) is 1. The molecular weight excluding hydrogens is 244 g/mol. The number of allylic oxidation sites excluding steroid dienone is 4. The average Bonchev–Trinajstić information content (AvgIpc) is 2.08. The van der Waals surface area contributed by atoms with Crippen molar-refractivity contribution in [3.05, 3.63) is 22.7 Å². The zero-order valence-electron chi connectivity index (χ0n) is 8.71. The van der Waals surface area contributed by atoms with Crippen molar-refractivity contribution >= 4 is 21.9 Å². The quantitative estimate of drug-likeness (QED) is 0.712. The van der Waals surface area contributed by atoms with Crippen LogP contribution in [0.15, 0.2) is 22.7 Å². The Bertz CT molecular complexity index is 290. The third-order valence-electron chi connectivity index (χ3n) is 2.57. The molecule has 0 aliphatic heterocycles. The van der Waals surface area contributed by atoms with Crippen molar-refractivity contribution in [2.45, 2.75) is 20.3 Å². The van der Waals surface area contributed by atoms with Gasteiger partial charge in [-0.25, -0.2) is 0 Å². The standard InChI is InChI=1S/C11H15BrO2/c1-11(2)7-9(12)5-4-8(11)6-10(13)14-3/h4-5,7-8H,6H2,1-3H3. The van der Waals surface area contributed by atoms with Gasteiger partial charge in [-0.3, -0.25) is 4.79 Å². The van der Waals surface area contributed by atoms with E-state index >= 15 is 0 Å². The van der Waals surface area contributed by atoms with E-state index in [-0.39, 0.29) is 17.3 Å². The molecule has 0 saturated carbocycles. The van der Waals surface area contributed by atoms with Gasteiger partial charge in [-0.15, -0.1) is 0 Å². The third kappa shape index (κ3) is 2.71. The first-order chi connectivity index (χ1) is 6.45. The Labute approximate surface area is 93.1 Å². The van der Waals surface area contributed by atoms with Crippen molar-refractivity contribution in [3.8, 4) is 0 Å². The first kappa shape index (κ1) is 11.5. The minimum absolute atomic E-state index is 0.00176. The van der Waals surface area contributed by atoms with Gasteiger partial charge in [-0.05, 0) is 11.3 Å². The Morgan fingerprint density at radius 1 is 1.64 bits per heavy atom. The lowest BCUT2D eigenvalue weighted by Gasteiger charge is -2.31. The van der Waals surface area contributed by atoms with Gasteiger partial charge in [-0.1, -0.05) is 48.0 Å². The maximum absolute atomic E-state index is 11.2. The number of esters is 1. The highest BCUT2D eigenvalue weighted by molar-refractivity contribution is 9.11. The highest BCUT2D eigenvalue weighted by Gasteiger charge is 2.29. The number of methoxy groups -OCH3 is 1. The monoisotopic (exact) mass is 258 g/mol. The molecule has 1 aliphatic carbocycles. The molecule has 3 heteroatoms. The van der Waals surface area contributed by atoms with Gasteiger partial charge in [0.1, 0.15) is 0 Å². The number of halogens is 1. The molecular formula is C11H15BrO2. The topological polar surface area (TPSA) is 26.3 Å². The van der Waals surface area contributed by atoms with E-state index in [0.29, 0.717) is 6.42 Å². The molecule has 0 aromatic heterocycles. The van der Waals surface area contributed by atoms with Crippen LogP contribution in [0.5, 0.6) is 0 Å². The molecule has 0 amide bonds. The summed E-state index contributed by atoms with van der Waals surface area (Å²) in [6.07, 6.45) is 6.61. The summed E-state index contributed by atoms with van der Waals surface area (Å²) in [7, 11) is 1.42. The van der Waals surface area contributed by atoms with E-state index in [1.807, 2.05) is 6.08 Å². The SMILES string of the molecule is COC(=O)CC1C=CC(Br)=CC1(C)C. The van der Waals surface area contributed by atoms with Gasteiger partial charge in [0.05, 0.1) is 13.5 Å². The largest absolute Gasteiger partial charge is 0.469 e. The van der Waals surface area contributed by atoms with Crippen molar-refractivity contribution in [2.24, 2.45) is 11.3 Å². The molecule has 0 heterocycles. The first-order valence-electron chi connectivity index (χ1n) is 4.59. The van der Waals surface area contributed by atoms with E-state index in [1.165, 1.54) is 7.11 Å². The first-order valence-corrected chi connectivity index (χ1v) is 5.38. The van der Waals surface area contributed by atoms with Gasteiger partial charge in [0.15, 0.2) is 0 Å². The Balaban J connectivity index is 2.73. The summed E-state index contributed by atoms with van der Waals surface area (Å²) in [4.78, 5) is 11.2. The number of rotatable bonds is 2. The van der Waals surface area contributed by atoms with Gasteiger partial charge in [0, 0.05) is 4.48 Å². The van der Waals surface area contributed by atoms with Crippen molar-refractivity contribution in [1.82, 2.24) is 0 Å². The molecule has 0 bridgehead atoms. The van der Waals surface area contributed by atoms with Crippen LogP contribution in [0.4, 0.5) is 0 Å². The number of carbonyl (C=O) groups excluding carboxylic acids is 1. The van der Waals surface area contributed by atoms with Crippen LogP contribution in [-0.2, 0) is 9.53 Å². The summed E-state index contributed by atoms with van der Waals surface area (Å²) < 4.78 is 5.74. The maximum atomic E-state index is 11.2. The van der Waals surface area contributed by atoms with E-state index in [9.17, 15) is 4.79 Å². The highest BCUT2D eigenvalue weighted by Crippen LogP contribution is 2.38. The molecule has 2 nitrogen and oxygen atoms in total. The number of carbonyl (C=O) groups is 1. The van der Waals surface area contributed by atoms with Crippen molar-refractivity contribution < 1.29 is 9.53 Å². The molecule has 14 heavy (non-hydrogen) atoms. The fourth-order valence-electron chi connectivity index (χ4n) is 1.56. The predicted molar refractivity (Wildman–Crippen MR) is 60.1 cm³/mol. The smallest absolute Gasteiger partial charge is 0.306 e. The second-order valence-corrected chi connectivity index (χ2v) is 5.01. The van der Waals surface area contributed by atoms with Crippen LogP contribution < -0.4 is 0 Å². The molecule has 0 N–H and O–H groups in total. The van der Waals surface area contributed by atoms with Crippen molar-refractivity contribution in [1.29, 1.82) is 0 Å². The minimum atomic E-state index is -0.154. The summed E-state index contributed by atoms with van der Waals surface area (Å²) in [6.45, 7) is 4.23. The van der Waals surface area contributed by atoms with E-state index < -0.39 is 0 Å². The van der Waals surface area contributed by atoms with E-state index in [1.54, 1.807) is 0 Å². The summed E-state index contributed by atoms with van der Waals surface area (Å²) in [5.74, 6) is 0.0652. The van der Waals surface area contributed by atoms with Crippen LogP contribution in [0.2, 0.25) is 0 Å². The summed E-state index contributed by atoms with van der Waals surface area (Å²) in [5.41, 5.74) is 0.00176. The number of hydrogen-bond donors (Lipinski definition) is 0. The molecule has 0 aromatic rings. The zero-order chi connectivity index (χ0) is 10.8. The lowest BCUT2D eigenvalue weighted by atomic mass is 9.74. The Hall–Kier alpha value is -0.570. The minimum Gasteiger partial charge on any atom is -0.469 e. The normalized spacial score (nSPS) is 24.3. The van der Waals surface area contributed by atoms with Crippen LogP contribution in [0.25, 0.3) is 0 Å². The van der Waals surface area contributed by atoms with Crippen LogP contribution in [-0.4, -0.2) is 13.1 Å². The Morgan fingerprint density at radius 3 is 2.79 bits per heavy atom. The molecule has 78 valence electrons. The lowest BCUT2D eigenvalue weighted by Crippen LogP contribution is -2.25. The fourth-order valence-corrected chi connectivity index (χ4v) is 2.30. The second-order valence-electron chi connectivity index (χ2n) is 4.10. The van der Waals surface area contributed by atoms with Gasteiger partial charge < -0.3 is 4.74 Å². The molecule has 1 aliphatic rings. The van der Waals surface area contributed by atoms with E-state index in [0.717, 1.165) is 4.48 Å². The summed E-state index contributed by atoms with van der Waals surface area (Å²) in [5, 5.41) is 0. The molecule has 0 saturated heterocycles. The Kier molecular flexibility index (Phi) is 3.53. The summed E-state index contributed by atoms with van der Waals surface area (Å²) in [6, 6.07) is 0.